The molecule has 1 aliphatic heterocycles. The Bertz CT molecular complexity index is 1110. The van der Waals surface area contributed by atoms with Crippen LogP contribution >= 0.6 is 0 Å². The normalized spacial score (nSPS) is 15.9. The van der Waals surface area contributed by atoms with Crippen molar-refractivity contribution in [2.75, 3.05) is 18.6 Å². The maximum absolute atomic E-state index is 13.1. The first-order valence-corrected chi connectivity index (χ1v) is 10.1. The monoisotopic (exact) mass is 420 g/mol. The lowest BCUT2D eigenvalue weighted by atomic mass is 10.1. The number of methoxy groups -OCH3 is 1. The van der Waals surface area contributed by atoms with Gasteiger partial charge in [0, 0.05) is 36.6 Å². The van der Waals surface area contributed by atoms with E-state index in [2.05, 4.69) is 16.9 Å². The van der Waals surface area contributed by atoms with Gasteiger partial charge in [0.05, 0.1) is 24.8 Å². The number of carbonyl (C=O) groups excluding carboxylic acids is 1. The number of halogens is 1. The highest BCUT2D eigenvalue weighted by atomic mass is 19.1. The van der Waals surface area contributed by atoms with Gasteiger partial charge in [0.1, 0.15) is 17.6 Å². The second-order valence-electron chi connectivity index (χ2n) is 7.66. The van der Waals surface area contributed by atoms with Crippen LogP contribution in [0.2, 0.25) is 0 Å². The van der Waals surface area contributed by atoms with Gasteiger partial charge in [-0.15, -0.1) is 0 Å². The Balaban J connectivity index is 1.44. The van der Waals surface area contributed by atoms with Gasteiger partial charge in [0.2, 0.25) is 5.91 Å². The van der Waals surface area contributed by atoms with Crippen LogP contribution in [0.5, 0.6) is 5.75 Å². The predicted molar refractivity (Wildman–Crippen MR) is 118 cm³/mol. The molecule has 4 rings (SSSR count). The molecule has 0 radical (unpaired) electrons. The Morgan fingerprint density at radius 2 is 2.06 bits per heavy atom. The van der Waals surface area contributed by atoms with E-state index < -0.39 is 0 Å². The second kappa shape index (κ2) is 8.63. The fourth-order valence-electron chi connectivity index (χ4n) is 3.82. The molecule has 1 atom stereocenters. The van der Waals surface area contributed by atoms with Crippen molar-refractivity contribution in [1.82, 2.24) is 14.9 Å². The molecule has 160 valence electrons. The van der Waals surface area contributed by atoms with E-state index in [0.29, 0.717) is 25.1 Å². The van der Waals surface area contributed by atoms with Crippen molar-refractivity contribution in [3.05, 3.63) is 84.3 Å². The molecule has 1 unspecified atom stereocenters. The minimum atomic E-state index is -0.338. The van der Waals surface area contributed by atoms with Crippen LogP contribution in [-0.4, -0.2) is 35.2 Å². The molecule has 0 saturated carbocycles. The number of rotatable bonds is 7. The van der Waals surface area contributed by atoms with Crippen LogP contribution in [0.4, 0.5) is 10.1 Å². The number of anilines is 1. The molecule has 1 fully saturated rings. The quantitative estimate of drug-likeness (QED) is 0.632. The van der Waals surface area contributed by atoms with Crippen LogP contribution in [0.3, 0.4) is 0 Å². The van der Waals surface area contributed by atoms with Gasteiger partial charge in [-0.25, -0.2) is 9.37 Å². The van der Waals surface area contributed by atoms with E-state index in [1.807, 2.05) is 35.9 Å². The summed E-state index contributed by atoms with van der Waals surface area (Å²) in [4.78, 5) is 19.0. The number of allylic oxidation sites excluding steroid dienone is 1. The van der Waals surface area contributed by atoms with Crippen LogP contribution in [-0.2, 0) is 11.2 Å². The lowest BCUT2D eigenvalue weighted by Crippen LogP contribution is -2.38. The molecule has 1 N–H and O–H groups in total. The summed E-state index contributed by atoms with van der Waals surface area (Å²) in [6.45, 7) is 6.57. The molecule has 0 aliphatic carbocycles. The number of imidazole rings is 1. The van der Waals surface area contributed by atoms with E-state index >= 15 is 0 Å². The first kappa shape index (κ1) is 20.7. The van der Waals surface area contributed by atoms with Gasteiger partial charge in [-0.2, -0.15) is 0 Å². The van der Waals surface area contributed by atoms with Gasteiger partial charge in [-0.3, -0.25) is 4.79 Å². The Hall–Kier alpha value is -3.61. The van der Waals surface area contributed by atoms with E-state index in [4.69, 9.17) is 4.74 Å². The molecule has 31 heavy (non-hydrogen) atoms. The average molecular weight is 420 g/mol. The van der Waals surface area contributed by atoms with Gasteiger partial charge in [0.25, 0.3) is 0 Å². The number of amides is 1. The maximum Gasteiger partial charge on any atom is 0.249 e. The fraction of sp³-hybridized carbons (Fsp3) is 0.250. The van der Waals surface area contributed by atoms with Crippen molar-refractivity contribution in [2.45, 2.75) is 25.8 Å². The van der Waals surface area contributed by atoms with Gasteiger partial charge in [-0.05, 0) is 43.2 Å². The fourth-order valence-corrected chi connectivity index (χ4v) is 3.82. The van der Waals surface area contributed by atoms with Crippen molar-refractivity contribution >= 4 is 11.6 Å². The molecule has 0 spiro atoms. The number of nitrogens with zero attached hydrogens (tertiary/aromatic N) is 3. The number of hydrogen-bond donors (Lipinski definition) is 1. The average Bonchev–Trinajstić information content (AvgIpc) is 3.35. The molecule has 1 amide bonds. The first-order chi connectivity index (χ1) is 14.9. The van der Waals surface area contributed by atoms with Crippen molar-refractivity contribution in [3.63, 3.8) is 0 Å². The standard InChI is InChI=1S/C24H25FN4O2/c1-16(12-18-4-6-19(25)7-5-18)27-21-10-11-29(24(21)30)20-8-9-22(23(13-20)31-3)28-14-17(2)26-15-28/h4-9,13-15,21,27H,1,10-12H2,2-3H3. The van der Waals surface area contributed by atoms with Crippen molar-refractivity contribution in [3.8, 4) is 11.4 Å². The highest BCUT2D eigenvalue weighted by Gasteiger charge is 2.33. The Morgan fingerprint density at radius 1 is 1.29 bits per heavy atom. The van der Waals surface area contributed by atoms with Crippen molar-refractivity contribution in [2.24, 2.45) is 0 Å². The SMILES string of the molecule is C=C(Cc1ccc(F)cc1)NC1CCN(c2ccc(-n3cnc(C)c3)c(OC)c2)C1=O. The van der Waals surface area contributed by atoms with Crippen molar-refractivity contribution in [1.29, 1.82) is 0 Å². The van der Waals surface area contributed by atoms with Crippen molar-refractivity contribution < 1.29 is 13.9 Å². The number of nitrogens with one attached hydrogen (secondary N) is 1. The number of benzene rings is 2. The second-order valence-corrected chi connectivity index (χ2v) is 7.66. The number of hydrogen-bond acceptors (Lipinski definition) is 4. The third kappa shape index (κ3) is 4.45. The summed E-state index contributed by atoms with van der Waals surface area (Å²) in [5, 5.41) is 3.24. The minimum Gasteiger partial charge on any atom is -0.494 e. The highest BCUT2D eigenvalue weighted by Crippen LogP contribution is 2.31. The van der Waals surface area contributed by atoms with E-state index in [0.717, 1.165) is 28.3 Å². The zero-order valence-corrected chi connectivity index (χ0v) is 17.6. The zero-order chi connectivity index (χ0) is 22.0. The summed E-state index contributed by atoms with van der Waals surface area (Å²) in [6, 6.07) is 11.7. The molecule has 2 heterocycles. The number of carbonyl (C=O) groups is 1. The molecule has 1 saturated heterocycles. The van der Waals surface area contributed by atoms with Gasteiger partial charge < -0.3 is 19.5 Å². The Morgan fingerprint density at radius 3 is 2.74 bits per heavy atom. The van der Waals surface area contributed by atoms with Crippen LogP contribution in [0, 0.1) is 12.7 Å². The molecule has 6 nitrogen and oxygen atoms in total. The van der Waals surface area contributed by atoms with Gasteiger partial charge in [0.15, 0.2) is 0 Å². The lowest BCUT2D eigenvalue weighted by molar-refractivity contribution is -0.118. The molecular formula is C24H25FN4O2. The lowest BCUT2D eigenvalue weighted by Gasteiger charge is -2.20. The van der Waals surface area contributed by atoms with Crippen LogP contribution < -0.4 is 15.0 Å². The first-order valence-electron chi connectivity index (χ1n) is 10.1. The highest BCUT2D eigenvalue weighted by molar-refractivity contribution is 5.99. The van der Waals surface area contributed by atoms with E-state index in [1.54, 1.807) is 30.5 Å². The topological polar surface area (TPSA) is 59.4 Å². The molecule has 2 aromatic carbocycles. The summed E-state index contributed by atoms with van der Waals surface area (Å²) in [5.74, 6) is 0.391. The molecule has 0 bridgehead atoms. The zero-order valence-electron chi connectivity index (χ0n) is 17.6. The number of ether oxygens (including phenoxy) is 1. The molecule has 1 aliphatic rings. The number of aryl methyl sites for hydroxylation is 1. The third-order valence-electron chi connectivity index (χ3n) is 5.38. The predicted octanol–water partition coefficient (Wildman–Crippen LogP) is 3.78. The molecular weight excluding hydrogens is 395 g/mol. The van der Waals surface area contributed by atoms with Crippen LogP contribution in [0.1, 0.15) is 17.7 Å². The van der Waals surface area contributed by atoms with Crippen LogP contribution in [0.25, 0.3) is 5.69 Å². The third-order valence-corrected chi connectivity index (χ3v) is 5.38. The Labute approximate surface area is 181 Å². The maximum atomic E-state index is 13.1. The summed E-state index contributed by atoms with van der Waals surface area (Å²) in [5.41, 5.74) is 4.24. The summed E-state index contributed by atoms with van der Waals surface area (Å²) < 4.78 is 20.5. The number of aromatic nitrogens is 2. The van der Waals surface area contributed by atoms with E-state index in [9.17, 15) is 9.18 Å². The van der Waals surface area contributed by atoms with Gasteiger partial charge in [-0.1, -0.05) is 18.7 Å². The summed E-state index contributed by atoms with van der Waals surface area (Å²) >= 11 is 0. The summed E-state index contributed by atoms with van der Waals surface area (Å²) in [7, 11) is 1.61. The molecule has 1 aromatic heterocycles. The van der Waals surface area contributed by atoms with Gasteiger partial charge >= 0.3 is 0 Å². The molecule has 7 heteroatoms. The van der Waals surface area contributed by atoms with Crippen LogP contribution in [0.15, 0.2) is 67.3 Å². The molecule has 3 aromatic rings. The Kier molecular flexibility index (Phi) is 5.75. The van der Waals surface area contributed by atoms with E-state index in [-0.39, 0.29) is 17.8 Å². The largest absolute Gasteiger partial charge is 0.494 e. The summed E-state index contributed by atoms with van der Waals surface area (Å²) in [6.07, 6.45) is 4.87. The van der Waals surface area contributed by atoms with E-state index in [1.165, 1.54) is 12.1 Å². The smallest absolute Gasteiger partial charge is 0.249 e. The minimum absolute atomic E-state index is 0.00599.